The SMILES string of the molecule is CN(C)c1ccc([C@H](c2cccs2)N2CCNCC2)c(Cl)c1.Cl.Cl. The molecule has 3 nitrogen and oxygen atoms in total. The molecule has 0 aliphatic carbocycles. The van der Waals surface area contributed by atoms with E-state index < -0.39 is 0 Å². The van der Waals surface area contributed by atoms with Crippen molar-refractivity contribution in [3.05, 3.63) is 51.2 Å². The van der Waals surface area contributed by atoms with E-state index in [1.165, 1.54) is 10.4 Å². The maximum absolute atomic E-state index is 6.64. The van der Waals surface area contributed by atoms with Gasteiger partial charge in [0.15, 0.2) is 0 Å². The van der Waals surface area contributed by atoms with Crippen LogP contribution in [0.1, 0.15) is 16.5 Å². The standard InChI is InChI=1S/C17H22ClN3S.2ClH/c1-20(2)13-5-6-14(15(18)12-13)17(16-4-3-11-22-16)21-9-7-19-8-10-21;;/h3-6,11-12,17,19H,7-10H2,1-2H3;2*1H/t17-;;/m1../s1. The Labute approximate surface area is 165 Å². The molecular formula is C17H24Cl3N3S. The van der Waals surface area contributed by atoms with Crippen molar-refractivity contribution >= 4 is 53.4 Å². The molecule has 0 unspecified atom stereocenters. The third-order valence-electron chi connectivity index (χ3n) is 4.12. The molecule has 1 aliphatic heterocycles. The summed E-state index contributed by atoms with van der Waals surface area (Å²) in [5.41, 5.74) is 2.34. The number of halogens is 3. The fraction of sp³-hybridized carbons (Fsp3) is 0.412. The summed E-state index contributed by atoms with van der Waals surface area (Å²) >= 11 is 8.45. The van der Waals surface area contributed by atoms with E-state index in [1.807, 2.05) is 25.4 Å². The van der Waals surface area contributed by atoms with Crippen LogP contribution in [-0.2, 0) is 0 Å². The summed E-state index contributed by atoms with van der Waals surface area (Å²) in [5, 5.41) is 6.42. The third-order valence-corrected chi connectivity index (χ3v) is 5.38. The molecule has 0 bridgehead atoms. The van der Waals surface area contributed by atoms with Gasteiger partial charge in [0, 0.05) is 55.9 Å². The number of nitrogens with one attached hydrogen (secondary N) is 1. The van der Waals surface area contributed by atoms with Gasteiger partial charge in [0.05, 0.1) is 6.04 Å². The van der Waals surface area contributed by atoms with Crippen LogP contribution in [0.2, 0.25) is 5.02 Å². The highest BCUT2D eigenvalue weighted by Crippen LogP contribution is 2.37. The van der Waals surface area contributed by atoms with Gasteiger partial charge in [-0.15, -0.1) is 36.2 Å². The summed E-state index contributed by atoms with van der Waals surface area (Å²) in [6.07, 6.45) is 0. The molecule has 0 amide bonds. The van der Waals surface area contributed by atoms with Crippen molar-refractivity contribution in [2.75, 3.05) is 45.2 Å². The van der Waals surface area contributed by atoms with Gasteiger partial charge in [-0.1, -0.05) is 23.7 Å². The van der Waals surface area contributed by atoms with Crippen molar-refractivity contribution in [1.82, 2.24) is 10.2 Å². The van der Waals surface area contributed by atoms with Gasteiger partial charge in [-0.3, -0.25) is 4.90 Å². The van der Waals surface area contributed by atoms with E-state index >= 15 is 0 Å². The number of hydrogen-bond acceptors (Lipinski definition) is 4. The quantitative estimate of drug-likeness (QED) is 0.813. The van der Waals surface area contributed by atoms with Gasteiger partial charge < -0.3 is 10.2 Å². The number of rotatable bonds is 4. The van der Waals surface area contributed by atoms with Gasteiger partial charge in [0.1, 0.15) is 0 Å². The highest BCUT2D eigenvalue weighted by molar-refractivity contribution is 7.10. The lowest BCUT2D eigenvalue weighted by atomic mass is 10.0. The smallest absolute Gasteiger partial charge is 0.0711 e. The average molecular weight is 409 g/mol. The van der Waals surface area contributed by atoms with Crippen LogP contribution in [0.4, 0.5) is 5.69 Å². The topological polar surface area (TPSA) is 18.5 Å². The van der Waals surface area contributed by atoms with Gasteiger partial charge in [-0.2, -0.15) is 0 Å². The Bertz CT molecular complexity index is 614. The highest BCUT2D eigenvalue weighted by atomic mass is 35.5. The Hall–Kier alpha value is -0.490. The molecular weight excluding hydrogens is 385 g/mol. The second kappa shape index (κ2) is 9.85. The Balaban J connectivity index is 0.00000144. The van der Waals surface area contributed by atoms with Crippen LogP contribution in [0.15, 0.2) is 35.7 Å². The van der Waals surface area contributed by atoms with E-state index in [0.717, 1.165) is 36.9 Å². The second-order valence-electron chi connectivity index (χ2n) is 5.80. The molecule has 24 heavy (non-hydrogen) atoms. The summed E-state index contributed by atoms with van der Waals surface area (Å²) in [6.45, 7) is 4.17. The molecule has 7 heteroatoms. The molecule has 1 saturated heterocycles. The first-order valence-corrected chi connectivity index (χ1v) is 8.87. The number of benzene rings is 1. The largest absolute Gasteiger partial charge is 0.378 e. The molecule has 1 aliphatic rings. The molecule has 1 aromatic heterocycles. The van der Waals surface area contributed by atoms with E-state index in [9.17, 15) is 0 Å². The molecule has 1 atom stereocenters. The highest BCUT2D eigenvalue weighted by Gasteiger charge is 2.26. The summed E-state index contributed by atoms with van der Waals surface area (Å²) < 4.78 is 0. The molecule has 3 rings (SSSR count). The number of piperazine rings is 1. The fourth-order valence-corrected chi connectivity index (χ4v) is 4.09. The summed E-state index contributed by atoms with van der Waals surface area (Å²) in [6, 6.07) is 11.0. The number of nitrogens with zero attached hydrogens (tertiary/aromatic N) is 2. The van der Waals surface area contributed by atoms with E-state index in [0.29, 0.717) is 0 Å². The first kappa shape index (κ1) is 21.6. The first-order chi connectivity index (χ1) is 10.7. The van der Waals surface area contributed by atoms with Gasteiger partial charge in [0.2, 0.25) is 0 Å². The maximum atomic E-state index is 6.64. The minimum Gasteiger partial charge on any atom is -0.378 e. The molecule has 1 N–H and O–H groups in total. The van der Waals surface area contributed by atoms with Crippen LogP contribution in [0, 0.1) is 0 Å². The monoisotopic (exact) mass is 407 g/mol. The van der Waals surface area contributed by atoms with E-state index in [-0.39, 0.29) is 30.9 Å². The zero-order valence-electron chi connectivity index (χ0n) is 13.9. The maximum Gasteiger partial charge on any atom is 0.0711 e. The first-order valence-electron chi connectivity index (χ1n) is 7.62. The Morgan fingerprint density at radius 1 is 1.17 bits per heavy atom. The Kier molecular flexibility index (Phi) is 8.85. The van der Waals surface area contributed by atoms with Crippen LogP contribution in [0.3, 0.4) is 0 Å². The minimum atomic E-state index is 0. The molecule has 1 aromatic carbocycles. The van der Waals surface area contributed by atoms with Gasteiger partial charge in [-0.25, -0.2) is 0 Å². The Morgan fingerprint density at radius 3 is 2.42 bits per heavy atom. The van der Waals surface area contributed by atoms with Crippen molar-refractivity contribution in [3.63, 3.8) is 0 Å². The van der Waals surface area contributed by atoms with Crippen molar-refractivity contribution < 1.29 is 0 Å². The van der Waals surface area contributed by atoms with Crippen LogP contribution < -0.4 is 10.2 Å². The Morgan fingerprint density at radius 2 is 1.88 bits per heavy atom. The lowest BCUT2D eigenvalue weighted by Gasteiger charge is -2.35. The van der Waals surface area contributed by atoms with Gasteiger partial charge in [0.25, 0.3) is 0 Å². The van der Waals surface area contributed by atoms with Crippen LogP contribution in [0.25, 0.3) is 0 Å². The normalized spacial score (nSPS) is 16.0. The lowest BCUT2D eigenvalue weighted by molar-refractivity contribution is 0.201. The zero-order chi connectivity index (χ0) is 15.5. The van der Waals surface area contributed by atoms with E-state index in [4.69, 9.17) is 11.6 Å². The summed E-state index contributed by atoms with van der Waals surface area (Å²) in [5.74, 6) is 0. The van der Waals surface area contributed by atoms with Crippen molar-refractivity contribution in [3.8, 4) is 0 Å². The van der Waals surface area contributed by atoms with Crippen LogP contribution in [-0.4, -0.2) is 45.2 Å². The number of hydrogen-bond donors (Lipinski definition) is 1. The lowest BCUT2D eigenvalue weighted by Crippen LogP contribution is -2.45. The van der Waals surface area contributed by atoms with Gasteiger partial charge in [-0.05, 0) is 29.1 Å². The molecule has 0 spiro atoms. The average Bonchev–Trinajstić information content (AvgIpc) is 3.04. The van der Waals surface area contributed by atoms with Gasteiger partial charge >= 0.3 is 0 Å². The van der Waals surface area contributed by atoms with Crippen LogP contribution in [0.5, 0.6) is 0 Å². The fourth-order valence-electron chi connectivity index (χ4n) is 2.93. The predicted octanol–water partition coefficient (Wildman–Crippen LogP) is 4.31. The molecule has 134 valence electrons. The number of thiophene rings is 1. The number of anilines is 1. The molecule has 2 aromatic rings. The molecule has 1 fully saturated rings. The third kappa shape index (κ3) is 4.78. The molecule has 0 saturated carbocycles. The van der Waals surface area contributed by atoms with Crippen molar-refractivity contribution in [1.29, 1.82) is 0 Å². The second-order valence-corrected chi connectivity index (χ2v) is 7.19. The van der Waals surface area contributed by atoms with E-state index in [1.54, 1.807) is 0 Å². The predicted molar refractivity (Wildman–Crippen MR) is 111 cm³/mol. The molecule has 0 radical (unpaired) electrons. The van der Waals surface area contributed by atoms with Crippen molar-refractivity contribution in [2.24, 2.45) is 0 Å². The zero-order valence-corrected chi connectivity index (χ0v) is 17.1. The van der Waals surface area contributed by atoms with E-state index in [2.05, 4.69) is 50.8 Å². The summed E-state index contributed by atoms with van der Waals surface area (Å²) in [4.78, 5) is 5.97. The van der Waals surface area contributed by atoms with Crippen LogP contribution >= 0.6 is 47.8 Å². The van der Waals surface area contributed by atoms with Crippen molar-refractivity contribution in [2.45, 2.75) is 6.04 Å². The summed E-state index contributed by atoms with van der Waals surface area (Å²) in [7, 11) is 4.08. The molecule has 2 heterocycles. The minimum absolute atomic E-state index is 0.